The lowest BCUT2D eigenvalue weighted by Gasteiger charge is -2.06. The predicted octanol–water partition coefficient (Wildman–Crippen LogP) is -0.992. The Morgan fingerprint density at radius 2 is 1.70 bits per heavy atom. The molecule has 0 fully saturated rings. The molecule has 10 heavy (non-hydrogen) atoms. The van der Waals surface area contributed by atoms with Gasteiger partial charge >= 0.3 is 12.1 Å². The van der Waals surface area contributed by atoms with E-state index in [1.807, 2.05) is 0 Å². The highest BCUT2D eigenvalue weighted by atomic mass is 19.4. The fourth-order valence-corrected chi connectivity index (χ4v) is 0.164. The molecule has 0 heterocycles. The number of imide groups is 1. The number of alkyl halides is 3. The summed E-state index contributed by atoms with van der Waals surface area (Å²) in [5.41, 5.74) is 0. The van der Waals surface area contributed by atoms with E-state index in [0.717, 1.165) is 0 Å². The van der Waals surface area contributed by atoms with Crippen molar-refractivity contribution in [3.05, 3.63) is 0 Å². The van der Waals surface area contributed by atoms with Gasteiger partial charge in [-0.05, 0) is 0 Å². The summed E-state index contributed by atoms with van der Waals surface area (Å²) in [5, 5.41) is 9.84. The Morgan fingerprint density at radius 3 is 1.80 bits per heavy atom. The minimum absolute atomic E-state index is 0.524. The van der Waals surface area contributed by atoms with Gasteiger partial charge in [0.2, 0.25) is 0 Å². The van der Waals surface area contributed by atoms with Gasteiger partial charge in [0.15, 0.2) is 0 Å². The van der Waals surface area contributed by atoms with E-state index in [4.69, 9.17) is 0 Å². The Hall–Kier alpha value is -1.27. The molecule has 0 aromatic carbocycles. The minimum atomic E-state index is -5.18. The lowest BCUT2D eigenvalue weighted by Crippen LogP contribution is -2.46. The van der Waals surface area contributed by atoms with Crippen LogP contribution in [0.15, 0.2) is 0 Å². The molecule has 0 unspecified atom stereocenters. The van der Waals surface area contributed by atoms with E-state index >= 15 is 0 Å². The summed E-state index contributed by atoms with van der Waals surface area (Å²) < 4.78 is 33.3. The third-order valence-corrected chi connectivity index (χ3v) is 0.473. The maximum absolute atomic E-state index is 11.1. The van der Waals surface area contributed by atoms with Crippen LogP contribution < -0.4 is 10.4 Å². The highest BCUT2D eigenvalue weighted by molar-refractivity contribution is 5.93. The van der Waals surface area contributed by atoms with Crippen LogP contribution in [0.4, 0.5) is 18.0 Å². The molecular weight excluding hydrogens is 155 g/mol. The van der Waals surface area contributed by atoms with Gasteiger partial charge in [0.1, 0.15) is 6.09 Å². The van der Waals surface area contributed by atoms with Crippen LogP contribution >= 0.6 is 0 Å². The standard InChI is InChI=1S/C3H2F3NO3/c4-3(5,6)1(8)7-2(9)10/h(H,7,8)(H,9,10)/p-1. The summed E-state index contributed by atoms with van der Waals surface area (Å²) in [7, 11) is 0. The number of rotatable bonds is 0. The van der Waals surface area contributed by atoms with Gasteiger partial charge in [-0.15, -0.1) is 0 Å². The predicted molar refractivity (Wildman–Crippen MR) is 19.6 cm³/mol. The number of hydrogen-bond acceptors (Lipinski definition) is 3. The molecule has 7 heteroatoms. The molecule has 4 nitrogen and oxygen atoms in total. The number of carbonyl (C=O) groups excluding carboxylic acids is 2. The molecule has 0 spiro atoms. The largest absolute Gasteiger partial charge is 0.530 e. The normalized spacial score (nSPS) is 10.7. The van der Waals surface area contributed by atoms with Crippen molar-refractivity contribution >= 4 is 12.0 Å². The zero-order chi connectivity index (χ0) is 8.36. The summed E-state index contributed by atoms with van der Waals surface area (Å²) in [5.74, 6) is -2.55. The van der Waals surface area contributed by atoms with Crippen molar-refractivity contribution in [3.63, 3.8) is 0 Å². The maximum atomic E-state index is 11.1. The van der Waals surface area contributed by atoms with Crippen LogP contribution in [-0.2, 0) is 4.79 Å². The molecule has 0 saturated heterocycles. The van der Waals surface area contributed by atoms with Crippen molar-refractivity contribution in [2.24, 2.45) is 0 Å². The van der Waals surface area contributed by atoms with E-state index < -0.39 is 18.2 Å². The Morgan fingerprint density at radius 1 is 1.30 bits per heavy atom. The van der Waals surface area contributed by atoms with E-state index in [0.29, 0.717) is 5.32 Å². The zero-order valence-corrected chi connectivity index (χ0v) is 4.36. The van der Waals surface area contributed by atoms with Crippen LogP contribution in [0.25, 0.3) is 0 Å². The summed E-state index contributed by atoms with van der Waals surface area (Å²) >= 11 is 0. The van der Waals surface area contributed by atoms with E-state index in [-0.39, 0.29) is 0 Å². The van der Waals surface area contributed by atoms with Crippen molar-refractivity contribution in [2.45, 2.75) is 6.18 Å². The highest BCUT2D eigenvalue weighted by Crippen LogP contribution is 2.13. The smallest absolute Gasteiger partial charge is 0.471 e. The topological polar surface area (TPSA) is 69.2 Å². The third kappa shape index (κ3) is 2.90. The van der Waals surface area contributed by atoms with Gasteiger partial charge in [0, 0.05) is 0 Å². The second-order valence-corrected chi connectivity index (χ2v) is 1.24. The average Bonchev–Trinajstić information content (AvgIpc) is 1.60. The SMILES string of the molecule is O=C([O-])NC(=O)C(F)(F)F. The summed E-state index contributed by atoms with van der Waals surface area (Å²) in [6.45, 7) is 0. The first kappa shape index (κ1) is 8.73. The molecular formula is C3HF3NO3-. The molecule has 0 aliphatic rings. The van der Waals surface area contributed by atoms with Crippen LogP contribution in [0.5, 0.6) is 0 Å². The molecule has 0 aromatic rings. The zero-order valence-electron chi connectivity index (χ0n) is 4.36. The Balaban J connectivity index is 3.99. The Kier molecular flexibility index (Phi) is 2.22. The number of amides is 2. The van der Waals surface area contributed by atoms with Gasteiger partial charge < -0.3 is 15.2 Å². The lowest BCUT2D eigenvalue weighted by atomic mass is 10.6. The van der Waals surface area contributed by atoms with E-state index in [9.17, 15) is 27.9 Å². The average molecular weight is 156 g/mol. The van der Waals surface area contributed by atoms with Crippen molar-refractivity contribution in [1.82, 2.24) is 5.32 Å². The molecule has 1 N–H and O–H groups in total. The number of carboxylic acid groups (broad SMARTS) is 1. The molecule has 2 amide bonds. The molecule has 0 atom stereocenters. The minimum Gasteiger partial charge on any atom is -0.530 e. The number of carbonyl (C=O) groups is 2. The number of hydrogen-bond donors (Lipinski definition) is 1. The van der Waals surface area contributed by atoms with Crippen molar-refractivity contribution in [1.29, 1.82) is 0 Å². The van der Waals surface area contributed by atoms with Crippen LogP contribution in [-0.4, -0.2) is 18.2 Å². The summed E-state index contributed by atoms with van der Waals surface area (Å²) in [4.78, 5) is 18.9. The molecule has 0 saturated carbocycles. The number of halogens is 3. The van der Waals surface area contributed by atoms with Crippen molar-refractivity contribution in [3.8, 4) is 0 Å². The monoisotopic (exact) mass is 156 g/mol. The van der Waals surface area contributed by atoms with Crippen molar-refractivity contribution < 1.29 is 27.9 Å². The van der Waals surface area contributed by atoms with Crippen LogP contribution in [0.1, 0.15) is 0 Å². The van der Waals surface area contributed by atoms with Crippen LogP contribution in [0, 0.1) is 0 Å². The number of nitrogens with one attached hydrogen (secondary N) is 1. The molecule has 0 rings (SSSR count). The van der Waals surface area contributed by atoms with Gasteiger partial charge in [-0.25, -0.2) is 0 Å². The summed E-state index contributed by atoms with van der Waals surface area (Å²) in [6.07, 6.45) is -7.46. The van der Waals surface area contributed by atoms with Gasteiger partial charge in [-0.1, -0.05) is 0 Å². The van der Waals surface area contributed by atoms with Gasteiger partial charge in [0.05, 0.1) is 0 Å². The molecule has 0 aliphatic heterocycles. The fraction of sp³-hybridized carbons (Fsp3) is 0.333. The summed E-state index contributed by atoms with van der Waals surface area (Å²) in [6, 6.07) is 0. The van der Waals surface area contributed by atoms with Gasteiger partial charge in [-0.2, -0.15) is 13.2 Å². The first-order valence-corrected chi connectivity index (χ1v) is 1.93. The lowest BCUT2D eigenvalue weighted by molar-refractivity contribution is -0.252. The van der Waals surface area contributed by atoms with Crippen LogP contribution in [0.3, 0.4) is 0 Å². The Labute approximate surface area is 52.6 Å². The van der Waals surface area contributed by atoms with E-state index in [2.05, 4.69) is 0 Å². The van der Waals surface area contributed by atoms with Crippen LogP contribution in [0.2, 0.25) is 0 Å². The van der Waals surface area contributed by atoms with Gasteiger partial charge in [0.25, 0.3) is 0 Å². The fourth-order valence-electron chi connectivity index (χ4n) is 0.164. The first-order chi connectivity index (χ1) is 4.34. The molecule has 58 valence electrons. The second-order valence-electron chi connectivity index (χ2n) is 1.24. The second kappa shape index (κ2) is 2.54. The highest BCUT2D eigenvalue weighted by Gasteiger charge is 2.38. The maximum Gasteiger partial charge on any atom is 0.471 e. The molecule has 0 bridgehead atoms. The van der Waals surface area contributed by atoms with E-state index in [1.54, 1.807) is 0 Å². The molecule has 0 aliphatic carbocycles. The quantitative estimate of drug-likeness (QED) is 0.489. The Bertz CT molecular complexity index is 163. The van der Waals surface area contributed by atoms with Gasteiger partial charge in [-0.3, -0.25) is 4.79 Å². The van der Waals surface area contributed by atoms with E-state index in [1.165, 1.54) is 0 Å². The third-order valence-electron chi connectivity index (χ3n) is 0.473. The molecule has 0 radical (unpaired) electrons. The molecule has 0 aromatic heterocycles. The van der Waals surface area contributed by atoms with Crippen molar-refractivity contribution in [2.75, 3.05) is 0 Å². The first-order valence-electron chi connectivity index (χ1n) is 1.93.